The Balaban J connectivity index is 1.99. The number of nitrogens with two attached hydrogens (primary N) is 1. The monoisotopic (exact) mass is 289 g/mol. The molecule has 2 N–H and O–H groups in total. The van der Waals surface area contributed by atoms with Crippen molar-refractivity contribution in [2.24, 2.45) is 0 Å². The number of para-hydroxylation sites is 1. The van der Waals surface area contributed by atoms with Crippen LogP contribution < -0.4 is 5.73 Å². The maximum absolute atomic E-state index is 11.8. The standard InChI is InChI=1S/C15H12ClNO3/c16-11-7-5-10(6-8-11)14(18)9-20-15(19)12-3-1-2-4-13(12)17/h1-8H,9,17H2. The van der Waals surface area contributed by atoms with Gasteiger partial charge in [-0.3, -0.25) is 4.79 Å². The van der Waals surface area contributed by atoms with Gasteiger partial charge in [-0.25, -0.2) is 4.79 Å². The first-order valence-corrected chi connectivity index (χ1v) is 6.26. The number of carbonyl (C=O) groups excluding carboxylic acids is 2. The lowest BCUT2D eigenvalue weighted by atomic mass is 10.1. The second kappa shape index (κ2) is 6.21. The number of carbonyl (C=O) groups is 2. The van der Waals surface area contributed by atoms with E-state index >= 15 is 0 Å². The molecule has 0 saturated carbocycles. The number of halogens is 1. The number of esters is 1. The summed E-state index contributed by atoms with van der Waals surface area (Å²) in [4.78, 5) is 23.6. The van der Waals surface area contributed by atoms with Crippen LogP contribution in [-0.2, 0) is 4.74 Å². The summed E-state index contributed by atoms with van der Waals surface area (Å²) in [5.74, 6) is -0.921. The van der Waals surface area contributed by atoms with Crippen molar-refractivity contribution in [3.05, 3.63) is 64.7 Å². The Bertz CT molecular complexity index is 638. The zero-order valence-corrected chi connectivity index (χ0v) is 11.3. The summed E-state index contributed by atoms with van der Waals surface area (Å²) < 4.78 is 4.95. The van der Waals surface area contributed by atoms with E-state index in [0.717, 1.165) is 0 Å². The normalized spacial score (nSPS) is 10.1. The summed E-state index contributed by atoms with van der Waals surface area (Å²) in [6.45, 7) is -0.338. The zero-order valence-electron chi connectivity index (χ0n) is 10.5. The Morgan fingerprint density at radius 3 is 2.35 bits per heavy atom. The van der Waals surface area contributed by atoms with Gasteiger partial charge in [0.15, 0.2) is 12.4 Å². The van der Waals surface area contributed by atoms with E-state index in [2.05, 4.69) is 0 Å². The fraction of sp³-hybridized carbons (Fsp3) is 0.0667. The lowest BCUT2D eigenvalue weighted by Gasteiger charge is -2.06. The van der Waals surface area contributed by atoms with Crippen molar-refractivity contribution >= 4 is 29.0 Å². The number of benzene rings is 2. The van der Waals surface area contributed by atoms with Crippen molar-refractivity contribution in [1.29, 1.82) is 0 Å². The number of ether oxygens (including phenoxy) is 1. The van der Waals surface area contributed by atoms with E-state index in [4.69, 9.17) is 22.1 Å². The molecule has 0 aliphatic heterocycles. The minimum absolute atomic E-state index is 0.247. The summed E-state index contributed by atoms with van der Waals surface area (Å²) in [7, 11) is 0. The molecule has 2 aromatic rings. The molecule has 0 fully saturated rings. The number of hydrogen-bond acceptors (Lipinski definition) is 4. The third-order valence-electron chi connectivity index (χ3n) is 2.68. The number of Topliss-reactive ketones (excluding diaryl/α,β-unsaturated/α-hetero) is 1. The predicted octanol–water partition coefficient (Wildman–Crippen LogP) is 2.96. The molecule has 20 heavy (non-hydrogen) atoms. The van der Waals surface area contributed by atoms with Gasteiger partial charge in [0.25, 0.3) is 0 Å². The van der Waals surface area contributed by atoms with E-state index in [1.807, 2.05) is 0 Å². The van der Waals surface area contributed by atoms with Crippen LogP contribution in [0.25, 0.3) is 0 Å². The lowest BCUT2D eigenvalue weighted by Crippen LogP contribution is -2.15. The van der Waals surface area contributed by atoms with Crippen LogP contribution in [0.2, 0.25) is 5.02 Å². The molecule has 2 rings (SSSR count). The van der Waals surface area contributed by atoms with E-state index in [1.54, 1.807) is 48.5 Å². The van der Waals surface area contributed by atoms with Crippen LogP contribution in [0.15, 0.2) is 48.5 Å². The summed E-state index contributed by atoms with van der Waals surface area (Å²) in [5, 5.41) is 0.538. The molecule has 0 amide bonds. The molecule has 0 atom stereocenters. The fourth-order valence-corrected chi connectivity index (χ4v) is 1.74. The van der Waals surface area contributed by atoms with Gasteiger partial charge in [0.1, 0.15) is 0 Å². The predicted molar refractivity (Wildman–Crippen MR) is 76.9 cm³/mol. The summed E-state index contributed by atoms with van der Waals surface area (Å²) in [6.07, 6.45) is 0. The molecule has 0 aliphatic rings. The lowest BCUT2D eigenvalue weighted by molar-refractivity contribution is 0.0476. The number of nitrogen functional groups attached to an aromatic ring is 1. The topological polar surface area (TPSA) is 69.4 Å². The van der Waals surface area contributed by atoms with Gasteiger partial charge in [-0.2, -0.15) is 0 Å². The van der Waals surface area contributed by atoms with Crippen molar-refractivity contribution in [2.45, 2.75) is 0 Å². The Kier molecular flexibility index (Phi) is 4.38. The first-order chi connectivity index (χ1) is 9.58. The summed E-state index contributed by atoms with van der Waals surface area (Å²) in [5.41, 5.74) is 6.65. The van der Waals surface area contributed by atoms with Gasteiger partial charge in [0.05, 0.1) is 5.56 Å². The number of anilines is 1. The Labute approximate surface area is 121 Å². The molecule has 0 radical (unpaired) electrons. The van der Waals surface area contributed by atoms with Crippen LogP contribution in [0.4, 0.5) is 5.69 Å². The number of hydrogen-bond donors (Lipinski definition) is 1. The van der Waals surface area contributed by atoms with E-state index in [0.29, 0.717) is 16.3 Å². The second-order valence-corrected chi connectivity index (χ2v) is 4.53. The molecular weight excluding hydrogens is 278 g/mol. The molecule has 0 unspecified atom stereocenters. The van der Waals surface area contributed by atoms with Gasteiger partial charge in [-0.05, 0) is 36.4 Å². The Hall–Kier alpha value is -2.33. The van der Waals surface area contributed by atoms with E-state index in [9.17, 15) is 9.59 Å². The SMILES string of the molecule is Nc1ccccc1C(=O)OCC(=O)c1ccc(Cl)cc1. The number of rotatable bonds is 4. The first kappa shape index (κ1) is 14.1. The van der Waals surface area contributed by atoms with Crippen LogP contribution in [0, 0.1) is 0 Å². The van der Waals surface area contributed by atoms with Crippen molar-refractivity contribution in [1.82, 2.24) is 0 Å². The maximum Gasteiger partial charge on any atom is 0.340 e. The molecular formula is C15H12ClNO3. The van der Waals surface area contributed by atoms with Crippen molar-refractivity contribution < 1.29 is 14.3 Å². The molecule has 0 bridgehead atoms. The van der Waals surface area contributed by atoms with Crippen LogP contribution in [0.1, 0.15) is 20.7 Å². The maximum atomic E-state index is 11.8. The van der Waals surface area contributed by atoms with Crippen molar-refractivity contribution in [3.63, 3.8) is 0 Å². The molecule has 0 spiro atoms. The Morgan fingerprint density at radius 1 is 1.05 bits per heavy atom. The molecule has 5 heteroatoms. The van der Waals surface area contributed by atoms with Crippen molar-refractivity contribution in [2.75, 3.05) is 12.3 Å². The van der Waals surface area contributed by atoms with Crippen LogP contribution in [0.5, 0.6) is 0 Å². The number of ketones is 1. The Morgan fingerprint density at radius 2 is 1.70 bits per heavy atom. The van der Waals surface area contributed by atoms with Crippen LogP contribution in [-0.4, -0.2) is 18.4 Å². The third-order valence-corrected chi connectivity index (χ3v) is 2.93. The summed E-state index contributed by atoms with van der Waals surface area (Å²) in [6, 6.07) is 12.9. The highest BCUT2D eigenvalue weighted by molar-refractivity contribution is 6.30. The minimum atomic E-state index is -0.620. The summed E-state index contributed by atoms with van der Waals surface area (Å²) >= 11 is 5.73. The van der Waals surface area contributed by atoms with E-state index in [1.165, 1.54) is 0 Å². The highest BCUT2D eigenvalue weighted by atomic mass is 35.5. The molecule has 2 aromatic carbocycles. The average Bonchev–Trinajstić information content (AvgIpc) is 2.45. The van der Waals surface area contributed by atoms with Gasteiger partial charge < -0.3 is 10.5 Å². The minimum Gasteiger partial charge on any atom is -0.454 e. The molecule has 4 nitrogen and oxygen atoms in total. The molecule has 0 saturated heterocycles. The largest absolute Gasteiger partial charge is 0.454 e. The molecule has 0 aromatic heterocycles. The first-order valence-electron chi connectivity index (χ1n) is 5.88. The fourth-order valence-electron chi connectivity index (χ4n) is 1.61. The zero-order chi connectivity index (χ0) is 14.5. The van der Waals surface area contributed by atoms with Gasteiger partial charge in [0.2, 0.25) is 0 Å². The second-order valence-electron chi connectivity index (χ2n) is 4.09. The molecule has 0 aliphatic carbocycles. The molecule has 102 valence electrons. The van der Waals surface area contributed by atoms with Gasteiger partial charge in [0, 0.05) is 16.3 Å². The van der Waals surface area contributed by atoms with E-state index in [-0.39, 0.29) is 18.0 Å². The van der Waals surface area contributed by atoms with Crippen LogP contribution >= 0.6 is 11.6 Å². The van der Waals surface area contributed by atoms with Gasteiger partial charge in [-0.1, -0.05) is 23.7 Å². The highest BCUT2D eigenvalue weighted by Crippen LogP contribution is 2.13. The molecule has 0 heterocycles. The quantitative estimate of drug-likeness (QED) is 0.534. The third kappa shape index (κ3) is 3.36. The van der Waals surface area contributed by atoms with Crippen LogP contribution in [0.3, 0.4) is 0 Å². The van der Waals surface area contributed by atoms with Crippen molar-refractivity contribution in [3.8, 4) is 0 Å². The highest BCUT2D eigenvalue weighted by Gasteiger charge is 2.13. The van der Waals surface area contributed by atoms with Gasteiger partial charge in [-0.15, -0.1) is 0 Å². The van der Waals surface area contributed by atoms with E-state index < -0.39 is 5.97 Å². The van der Waals surface area contributed by atoms with Gasteiger partial charge >= 0.3 is 5.97 Å². The average molecular weight is 290 g/mol. The smallest absolute Gasteiger partial charge is 0.340 e.